The second-order valence-corrected chi connectivity index (χ2v) is 8.16. The molecule has 0 nitrogen and oxygen atoms in total. The lowest BCUT2D eigenvalue weighted by Gasteiger charge is -2.08. The van der Waals surface area contributed by atoms with Crippen LogP contribution in [-0.2, 0) is 0 Å². The Bertz CT molecular complexity index is 97.8. The summed E-state index contributed by atoms with van der Waals surface area (Å²) in [5, 5.41) is 0. The topological polar surface area (TPSA) is 0 Å². The highest BCUT2D eigenvalue weighted by Crippen LogP contribution is 2.07. The lowest BCUT2D eigenvalue weighted by molar-refractivity contribution is 0.171. The van der Waals surface area contributed by atoms with Crippen LogP contribution in [0.25, 0.3) is 0 Å². The van der Waals surface area contributed by atoms with Crippen molar-refractivity contribution in [2.45, 2.75) is 37.4 Å². The first-order chi connectivity index (χ1) is 5.04. The van der Waals surface area contributed by atoms with Crippen LogP contribution in [0.3, 0.4) is 0 Å². The molecule has 0 fully saturated rings. The lowest BCUT2D eigenvalue weighted by atomic mass is 10.8. The summed E-state index contributed by atoms with van der Waals surface area (Å²) >= 11 is 0. The summed E-state index contributed by atoms with van der Waals surface area (Å²) in [5.74, 6) is -0.722. The van der Waals surface area contributed by atoms with Crippen molar-refractivity contribution >= 4 is 18.3 Å². The van der Waals surface area contributed by atoms with E-state index in [0.29, 0.717) is 6.04 Å². The third-order valence-corrected chi connectivity index (χ3v) is 5.88. The smallest absolute Gasteiger partial charge is 0.235 e. The minimum absolute atomic E-state index is 0.0124. The number of alkyl halides is 3. The fraction of sp³-hybridized carbons (Fsp3) is 1.00. The molecular formula is C6H15F3Si2. The molecule has 0 saturated carbocycles. The number of halogens is 3. The summed E-state index contributed by atoms with van der Waals surface area (Å²) in [5.41, 5.74) is 0. The molecule has 0 aliphatic carbocycles. The van der Waals surface area contributed by atoms with Crippen LogP contribution in [0.15, 0.2) is 0 Å². The third-order valence-electron chi connectivity index (χ3n) is 1.63. The molecule has 0 saturated heterocycles. The highest BCUT2D eigenvalue weighted by atomic mass is 28.3. The molecule has 5 heteroatoms. The van der Waals surface area contributed by atoms with E-state index in [1.165, 1.54) is 0 Å². The summed E-state index contributed by atoms with van der Waals surface area (Å²) < 4.78 is 36.0. The van der Waals surface area contributed by atoms with Crippen LogP contribution in [0.2, 0.25) is 25.2 Å². The molecule has 0 spiro atoms. The average molecular weight is 200 g/mol. The van der Waals surface area contributed by atoms with E-state index >= 15 is 0 Å². The van der Waals surface area contributed by atoms with Gasteiger partial charge in [-0.1, -0.05) is 13.1 Å². The van der Waals surface area contributed by atoms with E-state index in [1.54, 1.807) is 0 Å². The van der Waals surface area contributed by atoms with Gasteiger partial charge in [0.25, 0.3) is 0 Å². The van der Waals surface area contributed by atoms with Crippen molar-refractivity contribution in [3.8, 4) is 0 Å². The van der Waals surface area contributed by atoms with Gasteiger partial charge in [0, 0.05) is 9.52 Å². The summed E-state index contributed by atoms with van der Waals surface area (Å²) in [6, 6.07) is 0.454. The maximum atomic E-state index is 12.8. The molecule has 0 rings (SSSR count). The van der Waals surface area contributed by atoms with Crippen LogP contribution in [0.5, 0.6) is 0 Å². The molecule has 68 valence electrons. The molecule has 11 heavy (non-hydrogen) atoms. The first-order valence-electron chi connectivity index (χ1n) is 3.96. The Hall–Kier alpha value is 0.224. The summed E-state index contributed by atoms with van der Waals surface area (Å²) in [7, 11) is -2.02. The van der Waals surface area contributed by atoms with Gasteiger partial charge in [-0.3, -0.25) is 4.39 Å². The zero-order valence-corrected chi connectivity index (χ0v) is 9.56. The summed E-state index contributed by atoms with van der Waals surface area (Å²) in [6.07, 6.45) is -2.21. The Morgan fingerprint density at radius 3 is 2.09 bits per heavy atom. The Labute approximate surface area is 69.6 Å². The molecule has 0 aromatic carbocycles. The van der Waals surface area contributed by atoms with Gasteiger partial charge < -0.3 is 0 Å². The Kier molecular flexibility index (Phi) is 5.94. The van der Waals surface area contributed by atoms with Crippen LogP contribution >= 0.6 is 0 Å². The molecule has 0 heterocycles. The van der Waals surface area contributed by atoms with Crippen molar-refractivity contribution in [2.75, 3.05) is 0 Å². The molecule has 0 aromatic heterocycles. The second kappa shape index (κ2) is 5.82. The first-order valence-corrected chi connectivity index (χ1v) is 8.94. The Morgan fingerprint density at radius 2 is 1.73 bits per heavy atom. The van der Waals surface area contributed by atoms with E-state index < -0.39 is 30.5 Å². The number of hydrogen-bond donors (Lipinski definition) is 0. The van der Waals surface area contributed by atoms with E-state index in [2.05, 4.69) is 0 Å². The van der Waals surface area contributed by atoms with Crippen LogP contribution in [0, 0.1) is 0 Å². The van der Waals surface area contributed by atoms with Crippen molar-refractivity contribution in [1.29, 1.82) is 0 Å². The summed E-state index contributed by atoms with van der Waals surface area (Å²) in [6.45, 7) is 3.84. The predicted molar refractivity (Wildman–Crippen MR) is 47.9 cm³/mol. The van der Waals surface area contributed by atoms with Gasteiger partial charge in [0.05, 0.1) is 14.6 Å². The third kappa shape index (κ3) is 6.62. The van der Waals surface area contributed by atoms with Crippen molar-refractivity contribution in [1.82, 2.24) is 0 Å². The SMILES string of the molecule is C[SiH](C)C(F)C[SiH2]CC(F)F. The van der Waals surface area contributed by atoms with Crippen LogP contribution in [0.4, 0.5) is 13.2 Å². The van der Waals surface area contributed by atoms with Crippen LogP contribution < -0.4 is 0 Å². The molecule has 1 unspecified atom stereocenters. The van der Waals surface area contributed by atoms with Gasteiger partial charge in [-0.05, 0) is 12.1 Å². The normalized spacial score (nSPS) is 15.5. The molecule has 0 N–H and O–H groups in total. The highest BCUT2D eigenvalue weighted by Gasteiger charge is 2.13. The van der Waals surface area contributed by atoms with Gasteiger partial charge in [-0.15, -0.1) is 0 Å². The van der Waals surface area contributed by atoms with Gasteiger partial charge in [0.1, 0.15) is 0 Å². The first kappa shape index (κ1) is 11.2. The van der Waals surface area contributed by atoms with E-state index in [4.69, 9.17) is 0 Å². The van der Waals surface area contributed by atoms with Gasteiger partial charge in [-0.25, -0.2) is 8.78 Å². The molecule has 0 radical (unpaired) electrons. The van der Waals surface area contributed by atoms with Crippen molar-refractivity contribution in [2.24, 2.45) is 0 Å². The Morgan fingerprint density at radius 1 is 1.18 bits per heavy atom. The van der Waals surface area contributed by atoms with E-state index in [-0.39, 0.29) is 6.04 Å². The van der Waals surface area contributed by atoms with E-state index in [0.717, 1.165) is 0 Å². The number of rotatable bonds is 5. The highest BCUT2D eigenvalue weighted by molar-refractivity contribution is 6.58. The molecule has 0 amide bonds. The lowest BCUT2D eigenvalue weighted by Crippen LogP contribution is -2.21. The van der Waals surface area contributed by atoms with Gasteiger partial charge in [-0.2, -0.15) is 0 Å². The minimum atomic E-state index is -2.21. The van der Waals surface area contributed by atoms with Gasteiger partial charge in [0.15, 0.2) is 0 Å². The zero-order chi connectivity index (χ0) is 8.85. The maximum Gasteiger partial charge on any atom is 0.235 e. The molecule has 0 bridgehead atoms. The van der Waals surface area contributed by atoms with Crippen molar-refractivity contribution in [3.63, 3.8) is 0 Å². The van der Waals surface area contributed by atoms with Gasteiger partial charge in [0.2, 0.25) is 6.43 Å². The maximum absolute atomic E-state index is 12.8. The zero-order valence-electron chi connectivity index (χ0n) is 6.99. The standard InChI is InChI=1S/C6H15F3Si2/c1-11(2)6(9)4-10-3-5(7)8/h5-6,11H,3-4,10H2,1-2H3. The van der Waals surface area contributed by atoms with Crippen LogP contribution in [-0.4, -0.2) is 30.5 Å². The molecule has 0 aromatic rings. The quantitative estimate of drug-likeness (QED) is 0.592. The van der Waals surface area contributed by atoms with Gasteiger partial charge >= 0.3 is 0 Å². The number of hydrogen-bond acceptors (Lipinski definition) is 0. The molecule has 0 aliphatic rings. The van der Waals surface area contributed by atoms with Crippen molar-refractivity contribution in [3.05, 3.63) is 0 Å². The molecule has 1 atom stereocenters. The minimum Gasteiger partial charge on any atom is -0.252 e. The second-order valence-electron chi connectivity index (χ2n) is 3.08. The molecule has 0 aliphatic heterocycles. The molecular weight excluding hydrogens is 185 g/mol. The largest absolute Gasteiger partial charge is 0.252 e. The fourth-order valence-electron chi connectivity index (χ4n) is 0.800. The Balaban J connectivity index is 3.24. The van der Waals surface area contributed by atoms with E-state index in [1.807, 2.05) is 13.1 Å². The van der Waals surface area contributed by atoms with E-state index in [9.17, 15) is 13.2 Å². The summed E-state index contributed by atoms with van der Waals surface area (Å²) in [4.78, 5) is 0. The monoisotopic (exact) mass is 200 g/mol. The fourth-order valence-corrected chi connectivity index (χ4v) is 5.11. The predicted octanol–water partition coefficient (Wildman–Crippen LogP) is 1.62. The van der Waals surface area contributed by atoms with Crippen LogP contribution in [0.1, 0.15) is 0 Å². The average Bonchev–Trinajstić information content (AvgIpc) is 1.86. The van der Waals surface area contributed by atoms with Crippen molar-refractivity contribution < 1.29 is 13.2 Å².